The van der Waals surface area contributed by atoms with Gasteiger partial charge >= 0.3 is 5.97 Å². The van der Waals surface area contributed by atoms with E-state index >= 15 is 0 Å². The van der Waals surface area contributed by atoms with Crippen LogP contribution in [-0.2, 0) is 4.79 Å². The van der Waals surface area contributed by atoms with Gasteiger partial charge in [0.05, 0.1) is 0 Å². The first-order valence-electron chi connectivity index (χ1n) is 3.92. The number of hydrogen-bond donors (Lipinski definition) is 0. The summed E-state index contributed by atoms with van der Waals surface area (Å²) >= 11 is 0. The molecule has 1 rings (SSSR count). The zero-order valence-corrected chi connectivity index (χ0v) is 7.94. The molecule has 0 amide bonds. The Balaban J connectivity index is 2.97. The molecule has 0 radical (unpaired) electrons. The number of ether oxygens (including phenoxy) is 1. The molecule has 0 saturated heterocycles. The Hall–Kier alpha value is -1.58. The monoisotopic (exact) mass is 180 g/mol. The van der Waals surface area contributed by atoms with Crippen LogP contribution in [0.2, 0.25) is 0 Å². The Bertz CT molecular complexity index is 310. The number of rotatable bonds is 2. The lowest BCUT2D eigenvalue weighted by Crippen LogP contribution is -2.13. The van der Waals surface area contributed by atoms with Gasteiger partial charge in [0.15, 0.2) is 11.6 Å². The second-order valence-electron chi connectivity index (χ2n) is 2.81. The standard InChI is InChI=1S/C9H12N2O2/c1-7(12)13-8-5-4-6-10-9(8)11(2)3/h4-6H,1-3H3. The van der Waals surface area contributed by atoms with Gasteiger partial charge in [-0.1, -0.05) is 0 Å². The van der Waals surface area contributed by atoms with Crippen molar-refractivity contribution in [3.05, 3.63) is 18.3 Å². The van der Waals surface area contributed by atoms with E-state index in [1.807, 2.05) is 14.1 Å². The van der Waals surface area contributed by atoms with Crippen LogP contribution in [0.3, 0.4) is 0 Å². The predicted octanol–water partition coefficient (Wildman–Crippen LogP) is 1.07. The number of esters is 1. The molecule has 0 saturated carbocycles. The van der Waals surface area contributed by atoms with Crippen LogP contribution >= 0.6 is 0 Å². The summed E-state index contributed by atoms with van der Waals surface area (Å²) in [7, 11) is 3.69. The van der Waals surface area contributed by atoms with Crippen LogP contribution in [0.1, 0.15) is 6.92 Å². The summed E-state index contributed by atoms with van der Waals surface area (Å²) in [5.41, 5.74) is 0. The van der Waals surface area contributed by atoms with Crippen molar-refractivity contribution in [1.82, 2.24) is 4.98 Å². The first kappa shape index (κ1) is 9.51. The average molecular weight is 180 g/mol. The van der Waals surface area contributed by atoms with Crippen LogP contribution in [0.25, 0.3) is 0 Å². The Morgan fingerprint density at radius 3 is 2.77 bits per heavy atom. The van der Waals surface area contributed by atoms with Gasteiger partial charge in [-0.15, -0.1) is 0 Å². The topological polar surface area (TPSA) is 42.4 Å². The van der Waals surface area contributed by atoms with Crippen molar-refractivity contribution in [1.29, 1.82) is 0 Å². The van der Waals surface area contributed by atoms with Crippen molar-refractivity contribution in [2.75, 3.05) is 19.0 Å². The molecule has 0 aliphatic rings. The molecule has 0 fully saturated rings. The zero-order chi connectivity index (χ0) is 9.84. The highest BCUT2D eigenvalue weighted by molar-refractivity contribution is 5.71. The number of aromatic nitrogens is 1. The summed E-state index contributed by atoms with van der Waals surface area (Å²) in [6.07, 6.45) is 1.66. The largest absolute Gasteiger partial charge is 0.423 e. The maximum Gasteiger partial charge on any atom is 0.308 e. The average Bonchev–Trinajstić information content (AvgIpc) is 2.03. The molecule has 4 nitrogen and oxygen atoms in total. The summed E-state index contributed by atoms with van der Waals surface area (Å²) in [4.78, 5) is 16.6. The Kier molecular flexibility index (Phi) is 2.84. The van der Waals surface area contributed by atoms with E-state index in [1.54, 1.807) is 23.2 Å². The summed E-state index contributed by atoms with van der Waals surface area (Å²) < 4.78 is 4.96. The smallest absolute Gasteiger partial charge is 0.308 e. The lowest BCUT2D eigenvalue weighted by molar-refractivity contribution is -0.131. The van der Waals surface area contributed by atoms with Crippen molar-refractivity contribution in [3.8, 4) is 5.75 Å². The van der Waals surface area contributed by atoms with Gasteiger partial charge in [-0.25, -0.2) is 4.98 Å². The predicted molar refractivity (Wildman–Crippen MR) is 49.9 cm³/mol. The van der Waals surface area contributed by atoms with Crippen molar-refractivity contribution in [3.63, 3.8) is 0 Å². The number of anilines is 1. The molecule has 1 heterocycles. The summed E-state index contributed by atoms with van der Waals surface area (Å²) in [5, 5.41) is 0. The Morgan fingerprint density at radius 2 is 2.23 bits per heavy atom. The molecule has 0 bridgehead atoms. The Labute approximate surface area is 77.1 Å². The number of carbonyl (C=O) groups is 1. The zero-order valence-electron chi connectivity index (χ0n) is 7.94. The van der Waals surface area contributed by atoms with E-state index in [2.05, 4.69) is 4.98 Å². The van der Waals surface area contributed by atoms with Crippen molar-refractivity contribution in [2.24, 2.45) is 0 Å². The highest BCUT2D eigenvalue weighted by Gasteiger charge is 2.07. The second-order valence-corrected chi connectivity index (χ2v) is 2.81. The lowest BCUT2D eigenvalue weighted by atomic mass is 10.4. The highest BCUT2D eigenvalue weighted by Crippen LogP contribution is 2.22. The minimum absolute atomic E-state index is 0.337. The molecule has 0 atom stereocenters. The molecule has 0 N–H and O–H groups in total. The molecule has 70 valence electrons. The van der Waals surface area contributed by atoms with Crippen LogP contribution in [0.5, 0.6) is 5.75 Å². The van der Waals surface area contributed by atoms with E-state index in [0.29, 0.717) is 11.6 Å². The van der Waals surface area contributed by atoms with Gasteiger partial charge in [0.2, 0.25) is 0 Å². The lowest BCUT2D eigenvalue weighted by Gasteiger charge is -2.14. The fraction of sp³-hybridized carbons (Fsp3) is 0.333. The maximum absolute atomic E-state index is 10.7. The first-order chi connectivity index (χ1) is 6.11. The molecule has 0 aliphatic carbocycles. The van der Waals surface area contributed by atoms with Crippen molar-refractivity contribution >= 4 is 11.8 Å². The minimum Gasteiger partial charge on any atom is -0.423 e. The van der Waals surface area contributed by atoms with Crippen LogP contribution in [-0.4, -0.2) is 25.0 Å². The summed E-state index contributed by atoms with van der Waals surface area (Å²) in [6, 6.07) is 3.44. The third kappa shape index (κ3) is 2.43. The summed E-state index contributed by atoms with van der Waals surface area (Å²) in [5.74, 6) is 0.800. The number of pyridine rings is 1. The minimum atomic E-state index is -0.337. The summed E-state index contributed by atoms with van der Waals surface area (Å²) in [6.45, 7) is 1.37. The van der Waals surface area contributed by atoms with E-state index in [1.165, 1.54) is 6.92 Å². The van der Waals surface area contributed by atoms with Crippen molar-refractivity contribution < 1.29 is 9.53 Å². The number of carbonyl (C=O) groups excluding carboxylic acids is 1. The van der Waals surface area contributed by atoms with Gasteiger partial charge in [0, 0.05) is 27.2 Å². The third-order valence-corrected chi connectivity index (χ3v) is 1.43. The Morgan fingerprint density at radius 1 is 1.54 bits per heavy atom. The van der Waals surface area contributed by atoms with Gasteiger partial charge in [-0.3, -0.25) is 4.79 Å². The quantitative estimate of drug-likeness (QED) is 0.638. The van der Waals surface area contributed by atoms with Crippen molar-refractivity contribution in [2.45, 2.75) is 6.92 Å². The molecule has 4 heteroatoms. The molecule has 1 aromatic heterocycles. The van der Waals surface area contributed by atoms with E-state index in [0.717, 1.165) is 0 Å². The molecule has 0 spiro atoms. The van der Waals surface area contributed by atoms with E-state index in [9.17, 15) is 4.79 Å². The molecule has 0 aromatic carbocycles. The fourth-order valence-electron chi connectivity index (χ4n) is 0.953. The van der Waals surface area contributed by atoms with Gasteiger partial charge in [-0.05, 0) is 12.1 Å². The molecule has 0 aliphatic heterocycles. The van der Waals surface area contributed by atoms with Crippen LogP contribution in [0, 0.1) is 0 Å². The molecule has 13 heavy (non-hydrogen) atoms. The number of nitrogens with zero attached hydrogens (tertiary/aromatic N) is 2. The van der Waals surface area contributed by atoms with Gasteiger partial charge in [0.25, 0.3) is 0 Å². The molecule has 0 unspecified atom stereocenters. The molecular weight excluding hydrogens is 168 g/mol. The van der Waals surface area contributed by atoms with E-state index in [-0.39, 0.29) is 5.97 Å². The highest BCUT2D eigenvalue weighted by atomic mass is 16.5. The van der Waals surface area contributed by atoms with Crippen LogP contribution in [0.4, 0.5) is 5.82 Å². The van der Waals surface area contributed by atoms with Gasteiger partial charge in [0.1, 0.15) is 0 Å². The van der Waals surface area contributed by atoms with E-state index < -0.39 is 0 Å². The van der Waals surface area contributed by atoms with Crippen LogP contribution < -0.4 is 9.64 Å². The first-order valence-corrected chi connectivity index (χ1v) is 3.92. The second kappa shape index (κ2) is 3.89. The van der Waals surface area contributed by atoms with E-state index in [4.69, 9.17) is 4.74 Å². The molecule has 1 aromatic rings. The normalized spacial score (nSPS) is 9.46. The maximum atomic E-state index is 10.7. The molecular formula is C9H12N2O2. The SMILES string of the molecule is CC(=O)Oc1cccnc1N(C)C. The van der Waals surface area contributed by atoms with Crippen LogP contribution in [0.15, 0.2) is 18.3 Å². The van der Waals surface area contributed by atoms with Gasteiger partial charge < -0.3 is 9.64 Å². The van der Waals surface area contributed by atoms with Gasteiger partial charge in [-0.2, -0.15) is 0 Å². The fourth-order valence-corrected chi connectivity index (χ4v) is 0.953. The third-order valence-electron chi connectivity index (χ3n) is 1.43. The number of hydrogen-bond acceptors (Lipinski definition) is 4.